The van der Waals surface area contributed by atoms with Crippen molar-refractivity contribution in [2.45, 2.75) is 39.2 Å². The molecule has 1 aliphatic rings. The molecule has 0 aliphatic carbocycles. The lowest BCUT2D eigenvalue weighted by Crippen LogP contribution is -2.55. The molecule has 3 heterocycles. The Bertz CT molecular complexity index is 1120. The maximum atomic E-state index is 13.3. The Morgan fingerprint density at radius 1 is 1.30 bits per heavy atom. The minimum atomic E-state index is -0.663. The average Bonchev–Trinajstić information content (AvgIpc) is 3.20. The molecule has 2 aromatic heterocycles. The number of likely N-dealkylation sites (tertiary alicyclic amines) is 1. The Hall–Kier alpha value is -3.35. The van der Waals surface area contributed by atoms with Gasteiger partial charge in [-0.3, -0.25) is 9.59 Å². The van der Waals surface area contributed by atoms with Gasteiger partial charge in [0.25, 0.3) is 0 Å². The number of carbonyl (C=O) groups excluding carboxylic acids is 2. The molecule has 2 atom stereocenters. The lowest BCUT2D eigenvalue weighted by molar-refractivity contribution is -0.150. The first kappa shape index (κ1) is 19.9. The summed E-state index contributed by atoms with van der Waals surface area (Å²) in [7, 11) is 0. The Kier molecular flexibility index (Phi) is 4.97. The Morgan fingerprint density at radius 3 is 2.87 bits per heavy atom. The molecule has 1 aromatic carbocycles. The van der Waals surface area contributed by atoms with E-state index in [2.05, 4.69) is 28.3 Å². The van der Waals surface area contributed by atoms with Crippen LogP contribution in [-0.2, 0) is 15.1 Å². The molecular weight excluding hydrogens is 378 g/mol. The van der Waals surface area contributed by atoms with Crippen molar-refractivity contribution >= 4 is 34.2 Å². The molecule has 7 heteroatoms. The summed E-state index contributed by atoms with van der Waals surface area (Å²) < 4.78 is 0. The van der Waals surface area contributed by atoms with Crippen molar-refractivity contribution in [1.29, 1.82) is 0 Å². The van der Waals surface area contributed by atoms with Gasteiger partial charge in [-0.15, -0.1) is 0 Å². The van der Waals surface area contributed by atoms with Crippen LogP contribution in [0.4, 0.5) is 11.5 Å². The predicted molar refractivity (Wildman–Crippen MR) is 118 cm³/mol. The van der Waals surface area contributed by atoms with Gasteiger partial charge in [0.1, 0.15) is 5.82 Å². The molecular formula is C23H27N5O2. The van der Waals surface area contributed by atoms with Crippen LogP contribution in [0.3, 0.4) is 0 Å². The van der Waals surface area contributed by atoms with Gasteiger partial charge in [0.2, 0.25) is 0 Å². The number of anilines is 2. The largest absolute Gasteiger partial charge is 0.383 e. The van der Waals surface area contributed by atoms with Crippen LogP contribution in [0.5, 0.6) is 0 Å². The summed E-state index contributed by atoms with van der Waals surface area (Å²) in [5.41, 5.74) is 8.48. The molecule has 0 spiro atoms. The number of hydrogen-bond donors (Lipinski definition) is 3. The van der Waals surface area contributed by atoms with E-state index in [1.807, 2.05) is 31.3 Å². The fourth-order valence-corrected chi connectivity index (χ4v) is 4.22. The molecule has 156 valence electrons. The minimum absolute atomic E-state index is 0.325. The molecule has 2 amide bonds. The lowest BCUT2D eigenvalue weighted by atomic mass is 9.78. The van der Waals surface area contributed by atoms with Gasteiger partial charge in [0, 0.05) is 18.3 Å². The summed E-state index contributed by atoms with van der Waals surface area (Å²) in [6, 6.07) is 9.90. The first-order chi connectivity index (χ1) is 14.3. The second kappa shape index (κ2) is 7.48. The zero-order chi connectivity index (χ0) is 21.5. The highest BCUT2D eigenvalue weighted by molar-refractivity contribution is 6.39. The summed E-state index contributed by atoms with van der Waals surface area (Å²) in [5, 5.41) is 3.77. The Morgan fingerprint density at radius 2 is 2.10 bits per heavy atom. The minimum Gasteiger partial charge on any atom is -0.383 e. The molecule has 0 saturated carbocycles. The zero-order valence-corrected chi connectivity index (χ0v) is 17.5. The SMILES string of the molecule is Cc1cc(NC(=O)C(=O)N2C[C@@H](C)CC[C@@]2(C)c2ccc3[nH]ccc3c2)cnc1N. The van der Waals surface area contributed by atoms with E-state index < -0.39 is 17.4 Å². The number of piperidine rings is 1. The highest BCUT2D eigenvalue weighted by Gasteiger charge is 2.43. The summed E-state index contributed by atoms with van der Waals surface area (Å²) in [5.74, 6) is -0.472. The number of aromatic amines is 1. The van der Waals surface area contributed by atoms with E-state index in [1.165, 1.54) is 6.20 Å². The quantitative estimate of drug-likeness (QED) is 0.567. The number of rotatable bonds is 2. The maximum absolute atomic E-state index is 13.3. The predicted octanol–water partition coefficient (Wildman–Crippen LogP) is 3.57. The molecule has 7 nitrogen and oxygen atoms in total. The molecule has 0 unspecified atom stereocenters. The van der Waals surface area contributed by atoms with Gasteiger partial charge in [0.05, 0.1) is 17.4 Å². The number of aromatic nitrogens is 2. The van der Waals surface area contributed by atoms with E-state index in [0.29, 0.717) is 24.0 Å². The maximum Gasteiger partial charge on any atom is 0.313 e. The highest BCUT2D eigenvalue weighted by atomic mass is 16.2. The second-order valence-electron chi connectivity index (χ2n) is 8.49. The number of carbonyl (C=O) groups is 2. The number of amides is 2. The number of nitrogen functional groups attached to an aromatic ring is 1. The fraction of sp³-hybridized carbons (Fsp3) is 0.348. The van der Waals surface area contributed by atoms with Crippen LogP contribution in [0.25, 0.3) is 10.9 Å². The molecule has 4 rings (SSSR count). The van der Waals surface area contributed by atoms with Crippen LogP contribution < -0.4 is 11.1 Å². The lowest BCUT2D eigenvalue weighted by Gasteiger charge is -2.47. The van der Waals surface area contributed by atoms with Gasteiger partial charge >= 0.3 is 11.8 Å². The van der Waals surface area contributed by atoms with Crippen molar-refractivity contribution in [3.63, 3.8) is 0 Å². The van der Waals surface area contributed by atoms with E-state index in [0.717, 1.165) is 34.9 Å². The van der Waals surface area contributed by atoms with Crippen LogP contribution in [0, 0.1) is 12.8 Å². The number of fused-ring (bicyclic) bond motifs is 1. The second-order valence-corrected chi connectivity index (χ2v) is 8.49. The van der Waals surface area contributed by atoms with E-state index in [-0.39, 0.29) is 0 Å². The smallest absolute Gasteiger partial charge is 0.313 e. The third-order valence-electron chi connectivity index (χ3n) is 6.21. The number of H-pyrrole nitrogens is 1. The number of hydrogen-bond acceptors (Lipinski definition) is 4. The van der Waals surface area contributed by atoms with Crippen LogP contribution in [0.2, 0.25) is 0 Å². The van der Waals surface area contributed by atoms with E-state index in [1.54, 1.807) is 17.9 Å². The van der Waals surface area contributed by atoms with Crippen molar-refractivity contribution in [2.75, 3.05) is 17.6 Å². The molecule has 1 fully saturated rings. The first-order valence-corrected chi connectivity index (χ1v) is 10.2. The molecule has 3 aromatic rings. The number of nitrogens with zero attached hydrogens (tertiary/aromatic N) is 2. The number of nitrogens with one attached hydrogen (secondary N) is 2. The van der Waals surface area contributed by atoms with Gasteiger partial charge in [-0.1, -0.05) is 13.0 Å². The summed E-state index contributed by atoms with van der Waals surface area (Å²) in [6.45, 7) is 6.50. The van der Waals surface area contributed by atoms with Crippen molar-refractivity contribution in [3.8, 4) is 0 Å². The van der Waals surface area contributed by atoms with Crippen LogP contribution in [0.1, 0.15) is 37.8 Å². The van der Waals surface area contributed by atoms with Crippen molar-refractivity contribution in [1.82, 2.24) is 14.9 Å². The highest BCUT2D eigenvalue weighted by Crippen LogP contribution is 2.40. The Labute approximate surface area is 175 Å². The Balaban J connectivity index is 1.63. The normalized spacial score (nSPS) is 21.6. The summed E-state index contributed by atoms with van der Waals surface area (Å²) in [4.78, 5) is 35.1. The van der Waals surface area contributed by atoms with Crippen LogP contribution >= 0.6 is 0 Å². The van der Waals surface area contributed by atoms with Gasteiger partial charge < -0.3 is 20.9 Å². The number of nitrogens with two attached hydrogens (primary N) is 1. The topological polar surface area (TPSA) is 104 Å². The van der Waals surface area contributed by atoms with Crippen LogP contribution in [0.15, 0.2) is 42.7 Å². The molecule has 1 aliphatic heterocycles. The molecule has 0 bridgehead atoms. The van der Waals surface area contributed by atoms with Gasteiger partial charge in [0.15, 0.2) is 0 Å². The first-order valence-electron chi connectivity index (χ1n) is 10.2. The zero-order valence-electron chi connectivity index (χ0n) is 17.5. The van der Waals surface area contributed by atoms with E-state index in [4.69, 9.17) is 5.73 Å². The van der Waals surface area contributed by atoms with Crippen molar-refractivity contribution in [3.05, 3.63) is 53.9 Å². The van der Waals surface area contributed by atoms with Crippen molar-refractivity contribution < 1.29 is 9.59 Å². The van der Waals surface area contributed by atoms with Gasteiger partial charge in [-0.2, -0.15) is 0 Å². The summed E-state index contributed by atoms with van der Waals surface area (Å²) >= 11 is 0. The molecule has 0 radical (unpaired) electrons. The molecule has 1 saturated heterocycles. The average molecular weight is 406 g/mol. The van der Waals surface area contributed by atoms with Crippen LogP contribution in [-0.4, -0.2) is 33.2 Å². The third kappa shape index (κ3) is 3.51. The molecule has 4 N–H and O–H groups in total. The fourth-order valence-electron chi connectivity index (χ4n) is 4.22. The van der Waals surface area contributed by atoms with E-state index >= 15 is 0 Å². The van der Waals surface area contributed by atoms with E-state index in [9.17, 15) is 9.59 Å². The number of aryl methyl sites for hydroxylation is 1. The number of benzene rings is 1. The monoisotopic (exact) mass is 405 g/mol. The van der Waals surface area contributed by atoms with Gasteiger partial charge in [-0.05, 0) is 73.4 Å². The van der Waals surface area contributed by atoms with Crippen molar-refractivity contribution in [2.24, 2.45) is 5.92 Å². The van der Waals surface area contributed by atoms with Gasteiger partial charge in [-0.25, -0.2) is 4.98 Å². The standard InChI is InChI=1S/C23H27N5O2/c1-14-6-8-23(3,17-4-5-19-16(11-17)7-9-25-19)28(13-14)22(30)21(29)27-18-10-15(2)20(24)26-12-18/h4-5,7,9-12,14,25H,6,8,13H2,1-3H3,(H2,24,26)(H,27,29)/t14-,23-/m0/s1. The summed E-state index contributed by atoms with van der Waals surface area (Å²) in [6.07, 6.45) is 5.16. The molecule has 30 heavy (non-hydrogen) atoms. The number of pyridine rings is 1. The third-order valence-corrected chi connectivity index (χ3v) is 6.21.